The first-order chi connectivity index (χ1) is 11.8. The highest BCUT2D eigenvalue weighted by Crippen LogP contribution is 2.34. The fourth-order valence-electron chi connectivity index (χ4n) is 3.49. The predicted molar refractivity (Wildman–Crippen MR) is 93.8 cm³/mol. The molecule has 2 fully saturated rings. The zero-order valence-corrected chi connectivity index (χ0v) is 14.4. The molecule has 4 rings (SSSR count). The molecule has 1 saturated heterocycles. The molecule has 128 valence electrons. The maximum Gasteiger partial charge on any atom is 0.165 e. The van der Waals surface area contributed by atoms with Gasteiger partial charge in [-0.25, -0.2) is 4.68 Å². The molecule has 1 aliphatic carbocycles. The van der Waals surface area contributed by atoms with E-state index in [0.29, 0.717) is 6.04 Å². The van der Waals surface area contributed by atoms with Crippen molar-refractivity contribution < 1.29 is 0 Å². The Hall–Kier alpha value is -1.95. The summed E-state index contributed by atoms with van der Waals surface area (Å²) >= 11 is 0. The van der Waals surface area contributed by atoms with Crippen LogP contribution in [0, 0.1) is 0 Å². The second-order valence-electron chi connectivity index (χ2n) is 7.16. The van der Waals surface area contributed by atoms with Crippen molar-refractivity contribution in [3.63, 3.8) is 0 Å². The van der Waals surface area contributed by atoms with Gasteiger partial charge in [0, 0.05) is 25.3 Å². The van der Waals surface area contributed by atoms with Gasteiger partial charge in [0.05, 0.1) is 12.6 Å². The minimum absolute atomic E-state index is 0.534. The summed E-state index contributed by atoms with van der Waals surface area (Å²) in [7, 11) is 2.13. The number of tetrazole rings is 1. The van der Waals surface area contributed by atoms with Crippen LogP contribution < -0.4 is 4.90 Å². The second kappa shape index (κ2) is 6.89. The van der Waals surface area contributed by atoms with Crippen LogP contribution >= 0.6 is 0 Å². The van der Waals surface area contributed by atoms with Crippen molar-refractivity contribution in [3.05, 3.63) is 35.7 Å². The Morgan fingerprint density at radius 3 is 2.50 bits per heavy atom. The van der Waals surface area contributed by atoms with Gasteiger partial charge in [0.25, 0.3) is 0 Å². The van der Waals surface area contributed by atoms with Crippen molar-refractivity contribution in [3.8, 4) is 0 Å². The molecule has 1 saturated carbocycles. The van der Waals surface area contributed by atoms with Crippen LogP contribution in [0.5, 0.6) is 0 Å². The molecule has 0 bridgehead atoms. The SMILES string of the molecule is CN(Cc1ccc(N2CCCCC2)cc1)Cc1nnnn1C1CC1. The lowest BCUT2D eigenvalue weighted by Crippen LogP contribution is -2.29. The molecule has 1 aromatic carbocycles. The third-order valence-corrected chi connectivity index (χ3v) is 4.98. The van der Waals surface area contributed by atoms with Crippen LogP contribution in [-0.2, 0) is 13.1 Å². The Labute approximate surface area is 143 Å². The zero-order valence-electron chi connectivity index (χ0n) is 14.4. The summed E-state index contributed by atoms with van der Waals surface area (Å²) in [6.07, 6.45) is 6.43. The zero-order chi connectivity index (χ0) is 16.4. The Balaban J connectivity index is 1.35. The Kier molecular flexibility index (Phi) is 4.47. The average molecular weight is 326 g/mol. The van der Waals surface area contributed by atoms with Gasteiger partial charge in [0.2, 0.25) is 0 Å². The van der Waals surface area contributed by atoms with E-state index in [4.69, 9.17) is 0 Å². The molecule has 2 heterocycles. The van der Waals surface area contributed by atoms with E-state index in [0.717, 1.165) is 18.9 Å². The molecule has 6 nitrogen and oxygen atoms in total. The number of nitrogens with zero attached hydrogens (tertiary/aromatic N) is 6. The summed E-state index contributed by atoms with van der Waals surface area (Å²) in [5.41, 5.74) is 2.70. The monoisotopic (exact) mass is 326 g/mol. The van der Waals surface area contributed by atoms with E-state index >= 15 is 0 Å². The van der Waals surface area contributed by atoms with E-state index in [-0.39, 0.29) is 0 Å². The lowest BCUT2D eigenvalue weighted by Gasteiger charge is -2.29. The van der Waals surface area contributed by atoms with Gasteiger partial charge in [-0.2, -0.15) is 0 Å². The number of aromatic nitrogens is 4. The van der Waals surface area contributed by atoms with Crippen molar-refractivity contribution in [2.45, 2.75) is 51.2 Å². The molecule has 1 aromatic heterocycles. The lowest BCUT2D eigenvalue weighted by molar-refractivity contribution is 0.302. The van der Waals surface area contributed by atoms with Crippen LogP contribution in [0.3, 0.4) is 0 Å². The maximum atomic E-state index is 4.19. The van der Waals surface area contributed by atoms with E-state index in [1.807, 2.05) is 4.68 Å². The number of piperidine rings is 1. The highest BCUT2D eigenvalue weighted by Gasteiger charge is 2.27. The predicted octanol–water partition coefficient (Wildman–Crippen LogP) is 2.63. The van der Waals surface area contributed by atoms with Crippen LogP contribution in [-0.4, -0.2) is 45.2 Å². The van der Waals surface area contributed by atoms with E-state index in [1.54, 1.807) is 0 Å². The van der Waals surface area contributed by atoms with E-state index in [1.165, 1.54) is 56.4 Å². The van der Waals surface area contributed by atoms with Gasteiger partial charge in [-0.3, -0.25) is 4.90 Å². The third-order valence-electron chi connectivity index (χ3n) is 4.98. The smallest absolute Gasteiger partial charge is 0.165 e. The minimum Gasteiger partial charge on any atom is -0.372 e. The van der Waals surface area contributed by atoms with Gasteiger partial charge in [-0.1, -0.05) is 12.1 Å². The largest absolute Gasteiger partial charge is 0.372 e. The van der Waals surface area contributed by atoms with E-state index in [9.17, 15) is 0 Å². The molecule has 1 aliphatic heterocycles. The molecule has 0 spiro atoms. The molecule has 6 heteroatoms. The number of hydrogen-bond donors (Lipinski definition) is 0. The summed E-state index contributed by atoms with van der Waals surface area (Å²) in [6.45, 7) is 4.10. The molecule has 2 aliphatic rings. The van der Waals surface area contributed by atoms with Crippen LogP contribution in [0.2, 0.25) is 0 Å². The molecular formula is C18H26N6. The molecule has 0 N–H and O–H groups in total. The molecule has 0 radical (unpaired) electrons. The first-order valence-corrected chi connectivity index (χ1v) is 9.09. The minimum atomic E-state index is 0.534. The molecule has 24 heavy (non-hydrogen) atoms. The van der Waals surface area contributed by atoms with Crippen molar-refractivity contribution in [2.75, 3.05) is 25.0 Å². The van der Waals surface area contributed by atoms with Crippen LogP contribution in [0.25, 0.3) is 0 Å². The topological polar surface area (TPSA) is 50.1 Å². The maximum absolute atomic E-state index is 4.19. The van der Waals surface area contributed by atoms with Crippen molar-refractivity contribution in [1.82, 2.24) is 25.1 Å². The Morgan fingerprint density at radius 2 is 1.79 bits per heavy atom. The van der Waals surface area contributed by atoms with Crippen LogP contribution in [0.1, 0.15) is 49.5 Å². The summed E-state index contributed by atoms with van der Waals surface area (Å²) in [5.74, 6) is 0.977. The van der Waals surface area contributed by atoms with Gasteiger partial charge in [0.1, 0.15) is 0 Å². The normalized spacial score (nSPS) is 18.3. The first kappa shape index (κ1) is 15.6. The summed E-state index contributed by atoms with van der Waals surface area (Å²) in [4.78, 5) is 4.78. The number of rotatable bonds is 6. The highest BCUT2D eigenvalue weighted by molar-refractivity contribution is 5.47. The van der Waals surface area contributed by atoms with Gasteiger partial charge in [-0.15, -0.1) is 5.10 Å². The van der Waals surface area contributed by atoms with Crippen molar-refractivity contribution in [2.24, 2.45) is 0 Å². The lowest BCUT2D eigenvalue weighted by atomic mass is 10.1. The quantitative estimate of drug-likeness (QED) is 0.817. The summed E-state index contributed by atoms with van der Waals surface area (Å²) in [6, 6.07) is 9.58. The van der Waals surface area contributed by atoms with Crippen LogP contribution in [0.15, 0.2) is 24.3 Å². The number of hydrogen-bond acceptors (Lipinski definition) is 5. The molecular weight excluding hydrogens is 300 g/mol. The van der Waals surface area contributed by atoms with Crippen molar-refractivity contribution in [1.29, 1.82) is 0 Å². The van der Waals surface area contributed by atoms with Gasteiger partial charge < -0.3 is 4.90 Å². The Bertz CT molecular complexity index is 654. The first-order valence-electron chi connectivity index (χ1n) is 9.09. The van der Waals surface area contributed by atoms with Crippen molar-refractivity contribution >= 4 is 5.69 Å². The molecule has 0 amide bonds. The van der Waals surface area contributed by atoms with E-state index in [2.05, 4.69) is 56.6 Å². The molecule has 0 unspecified atom stereocenters. The fraction of sp³-hybridized carbons (Fsp3) is 0.611. The number of anilines is 1. The standard InChI is InChI=1S/C18H26N6/c1-22(14-18-19-20-21-24(18)17-9-10-17)13-15-5-7-16(8-6-15)23-11-3-2-4-12-23/h5-8,17H,2-4,9-14H2,1H3. The number of benzene rings is 1. The van der Waals surface area contributed by atoms with Gasteiger partial charge >= 0.3 is 0 Å². The Morgan fingerprint density at radius 1 is 1.04 bits per heavy atom. The molecule has 0 atom stereocenters. The van der Waals surface area contributed by atoms with Crippen LogP contribution in [0.4, 0.5) is 5.69 Å². The fourth-order valence-corrected chi connectivity index (χ4v) is 3.49. The third kappa shape index (κ3) is 3.59. The van der Waals surface area contributed by atoms with Gasteiger partial charge in [-0.05, 0) is 67.3 Å². The summed E-state index contributed by atoms with van der Waals surface area (Å²) < 4.78 is 2.00. The van der Waals surface area contributed by atoms with Gasteiger partial charge in [0.15, 0.2) is 5.82 Å². The summed E-state index contributed by atoms with van der Waals surface area (Å²) in [5, 5.41) is 12.2. The highest BCUT2D eigenvalue weighted by atomic mass is 15.6. The second-order valence-corrected chi connectivity index (χ2v) is 7.16. The average Bonchev–Trinajstić information content (AvgIpc) is 3.36. The van der Waals surface area contributed by atoms with E-state index < -0.39 is 0 Å². The molecule has 2 aromatic rings.